The van der Waals surface area contributed by atoms with E-state index in [1.165, 1.54) is 0 Å². The first-order valence-corrected chi connectivity index (χ1v) is 7.02. The summed E-state index contributed by atoms with van der Waals surface area (Å²) in [5.74, 6) is 0.862. The van der Waals surface area contributed by atoms with Crippen LogP contribution in [0.2, 0.25) is 0 Å². The van der Waals surface area contributed by atoms with Gasteiger partial charge >= 0.3 is 0 Å². The zero-order valence-electron chi connectivity index (χ0n) is 10.7. The maximum Gasteiger partial charge on any atom is 0.123 e. The number of methoxy groups -OCH3 is 1. The highest BCUT2D eigenvalue weighted by atomic mass is 79.9. The molecule has 1 unspecified atom stereocenters. The van der Waals surface area contributed by atoms with E-state index in [-0.39, 0.29) is 6.04 Å². The number of piperazine rings is 1. The molecule has 0 bridgehead atoms. The molecule has 2 rings (SSSR count). The minimum atomic E-state index is -0.0180. The molecule has 1 aliphatic heterocycles. The van der Waals surface area contributed by atoms with Gasteiger partial charge in [0.05, 0.1) is 7.11 Å². The van der Waals surface area contributed by atoms with Gasteiger partial charge in [-0.15, -0.1) is 0 Å². The van der Waals surface area contributed by atoms with Crippen LogP contribution in [0.1, 0.15) is 11.6 Å². The SMILES string of the molecule is COc1ccc(Br)cc1C(N)CN1CCNCC1. The molecule has 0 amide bonds. The number of benzene rings is 1. The van der Waals surface area contributed by atoms with Crippen molar-refractivity contribution in [3.8, 4) is 5.75 Å². The van der Waals surface area contributed by atoms with E-state index in [4.69, 9.17) is 10.5 Å². The summed E-state index contributed by atoms with van der Waals surface area (Å²) >= 11 is 3.48. The molecule has 0 aliphatic carbocycles. The molecule has 0 spiro atoms. The maximum atomic E-state index is 6.31. The van der Waals surface area contributed by atoms with E-state index >= 15 is 0 Å². The van der Waals surface area contributed by atoms with Gasteiger partial charge in [-0.3, -0.25) is 4.90 Å². The Kier molecular flexibility index (Phi) is 5.00. The Bertz CT molecular complexity index is 394. The second-order valence-electron chi connectivity index (χ2n) is 4.54. The zero-order chi connectivity index (χ0) is 13.0. The molecule has 0 radical (unpaired) electrons. The van der Waals surface area contributed by atoms with Crippen molar-refractivity contribution in [2.75, 3.05) is 39.8 Å². The third-order valence-electron chi connectivity index (χ3n) is 3.26. The van der Waals surface area contributed by atoms with Crippen LogP contribution >= 0.6 is 15.9 Å². The fourth-order valence-electron chi connectivity index (χ4n) is 2.27. The predicted octanol–water partition coefficient (Wildman–Crippen LogP) is 1.36. The van der Waals surface area contributed by atoms with Crippen molar-refractivity contribution in [1.29, 1.82) is 0 Å². The molecule has 0 saturated carbocycles. The predicted molar refractivity (Wildman–Crippen MR) is 76.9 cm³/mol. The van der Waals surface area contributed by atoms with E-state index in [0.29, 0.717) is 0 Å². The number of nitrogens with zero attached hydrogens (tertiary/aromatic N) is 1. The van der Waals surface area contributed by atoms with E-state index in [0.717, 1.165) is 48.5 Å². The standard InChI is InChI=1S/C13H20BrN3O/c1-18-13-3-2-10(14)8-11(13)12(15)9-17-6-4-16-5-7-17/h2-3,8,12,16H,4-7,9,15H2,1H3. The molecule has 1 saturated heterocycles. The normalized spacial score (nSPS) is 18.6. The van der Waals surface area contributed by atoms with Crippen molar-refractivity contribution in [2.45, 2.75) is 6.04 Å². The van der Waals surface area contributed by atoms with Crippen LogP contribution in [0.25, 0.3) is 0 Å². The van der Waals surface area contributed by atoms with Crippen LogP contribution in [-0.2, 0) is 0 Å². The van der Waals surface area contributed by atoms with E-state index in [2.05, 4.69) is 26.1 Å². The van der Waals surface area contributed by atoms with E-state index in [9.17, 15) is 0 Å². The largest absolute Gasteiger partial charge is 0.496 e. The van der Waals surface area contributed by atoms with Crippen molar-refractivity contribution >= 4 is 15.9 Å². The zero-order valence-corrected chi connectivity index (χ0v) is 12.2. The second kappa shape index (κ2) is 6.52. The lowest BCUT2D eigenvalue weighted by molar-refractivity contribution is 0.226. The number of nitrogens with two attached hydrogens (primary N) is 1. The van der Waals surface area contributed by atoms with Gasteiger partial charge in [-0.05, 0) is 18.2 Å². The van der Waals surface area contributed by atoms with Crippen LogP contribution in [0.4, 0.5) is 0 Å². The highest BCUT2D eigenvalue weighted by Crippen LogP contribution is 2.27. The van der Waals surface area contributed by atoms with Crippen molar-refractivity contribution in [2.24, 2.45) is 5.73 Å². The van der Waals surface area contributed by atoms with Gasteiger partial charge in [0.1, 0.15) is 5.75 Å². The van der Waals surface area contributed by atoms with Gasteiger partial charge in [0.25, 0.3) is 0 Å². The molecular weight excluding hydrogens is 294 g/mol. The van der Waals surface area contributed by atoms with Crippen LogP contribution in [-0.4, -0.2) is 44.7 Å². The topological polar surface area (TPSA) is 50.5 Å². The molecule has 18 heavy (non-hydrogen) atoms. The molecule has 1 aromatic carbocycles. The molecule has 4 nitrogen and oxygen atoms in total. The molecule has 1 aromatic rings. The van der Waals surface area contributed by atoms with Crippen LogP contribution in [0.15, 0.2) is 22.7 Å². The number of rotatable bonds is 4. The molecule has 1 atom stereocenters. The van der Waals surface area contributed by atoms with Gasteiger partial charge in [-0.1, -0.05) is 15.9 Å². The summed E-state index contributed by atoms with van der Waals surface area (Å²) in [6.07, 6.45) is 0. The van der Waals surface area contributed by atoms with E-state index < -0.39 is 0 Å². The van der Waals surface area contributed by atoms with Crippen LogP contribution in [0.5, 0.6) is 5.75 Å². The Morgan fingerprint density at radius 2 is 2.17 bits per heavy atom. The summed E-state index contributed by atoms with van der Waals surface area (Å²) in [4.78, 5) is 2.39. The van der Waals surface area contributed by atoms with Gasteiger partial charge < -0.3 is 15.8 Å². The monoisotopic (exact) mass is 313 g/mol. The first-order valence-electron chi connectivity index (χ1n) is 6.23. The van der Waals surface area contributed by atoms with Gasteiger partial charge in [-0.25, -0.2) is 0 Å². The lowest BCUT2D eigenvalue weighted by atomic mass is 10.1. The molecule has 3 N–H and O–H groups in total. The van der Waals surface area contributed by atoms with Crippen molar-refractivity contribution in [1.82, 2.24) is 10.2 Å². The second-order valence-corrected chi connectivity index (χ2v) is 5.46. The Labute approximate surface area is 117 Å². The molecule has 1 heterocycles. The average molecular weight is 314 g/mol. The van der Waals surface area contributed by atoms with Gasteiger partial charge in [0.2, 0.25) is 0 Å². The summed E-state index contributed by atoms with van der Waals surface area (Å²) in [6.45, 7) is 5.08. The van der Waals surface area contributed by atoms with Gasteiger partial charge in [0, 0.05) is 48.8 Å². The summed E-state index contributed by atoms with van der Waals surface area (Å²) in [5, 5.41) is 3.34. The first kappa shape index (κ1) is 13.8. The van der Waals surface area contributed by atoms with Crippen LogP contribution < -0.4 is 15.8 Å². The number of ether oxygens (including phenoxy) is 1. The number of hydrogen-bond donors (Lipinski definition) is 2. The highest BCUT2D eigenvalue weighted by Gasteiger charge is 2.17. The smallest absolute Gasteiger partial charge is 0.123 e. The minimum absolute atomic E-state index is 0.0180. The van der Waals surface area contributed by atoms with Crippen LogP contribution in [0.3, 0.4) is 0 Å². The molecule has 0 aromatic heterocycles. The fourth-order valence-corrected chi connectivity index (χ4v) is 2.64. The van der Waals surface area contributed by atoms with Crippen molar-refractivity contribution < 1.29 is 4.74 Å². The summed E-state index contributed by atoms with van der Waals surface area (Å²) in [6, 6.07) is 5.96. The Morgan fingerprint density at radius 1 is 1.44 bits per heavy atom. The number of hydrogen-bond acceptors (Lipinski definition) is 4. The van der Waals surface area contributed by atoms with E-state index in [1.807, 2.05) is 18.2 Å². The Balaban J connectivity index is 2.07. The third kappa shape index (κ3) is 3.45. The Hall–Kier alpha value is -0.620. The quantitative estimate of drug-likeness (QED) is 0.881. The fraction of sp³-hybridized carbons (Fsp3) is 0.538. The first-order chi connectivity index (χ1) is 8.70. The lowest BCUT2D eigenvalue weighted by Crippen LogP contribution is -2.46. The molecule has 1 aliphatic rings. The molecule has 100 valence electrons. The summed E-state index contributed by atoms with van der Waals surface area (Å²) in [5.41, 5.74) is 7.37. The molecule has 5 heteroatoms. The minimum Gasteiger partial charge on any atom is -0.496 e. The highest BCUT2D eigenvalue weighted by molar-refractivity contribution is 9.10. The lowest BCUT2D eigenvalue weighted by Gasteiger charge is -2.30. The average Bonchev–Trinajstić information content (AvgIpc) is 2.40. The Morgan fingerprint density at radius 3 is 2.83 bits per heavy atom. The van der Waals surface area contributed by atoms with Crippen molar-refractivity contribution in [3.05, 3.63) is 28.2 Å². The molecular formula is C13H20BrN3O. The summed E-state index contributed by atoms with van der Waals surface area (Å²) in [7, 11) is 1.68. The van der Waals surface area contributed by atoms with Gasteiger partial charge in [-0.2, -0.15) is 0 Å². The van der Waals surface area contributed by atoms with E-state index in [1.54, 1.807) is 7.11 Å². The van der Waals surface area contributed by atoms with Crippen molar-refractivity contribution in [3.63, 3.8) is 0 Å². The van der Waals surface area contributed by atoms with Crippen LogP contribution in [0, 0.1) is 0 Å². The number of nitrogens with one attached hydrogen (secondary N) is 1. The maximum absolute atomic E-state index is 6.31. The molecule has 1 fully saturated rings. The number of halogens is 1. The van der Waals surface area contributed by atoms with Gasteiger partial charge in [0.15, 0.2) is 0 Å². The third-order valence-corrected chi connectivity index (χ3v) is 3.75. The summed E-state index contributed by atoms with van der Waals surface area (Å²) < 4.78 is 6.42.